The van der Waals surface area contributed by atoms with Gasteiger partial charge in [-0.05, 0) is 31.5 Å². The van der Waals surface area contributed by atoms with Crippen molar-refractivity contribution in [2.75, 3.05) is 36.1 Å². The van der Waals surface area contributed by atoms with E-state index in [0.717, 1.165) is 12.1 Å². The summed E-state index contributed by atoms with van der Waals surface area (Å²) in [5.74, 6) is -1.31. The fraction of sp³-hybridized carbons (Fsp3) is 0.450. The Balaban J connectivity index is 2.01. The van der Waals surface area contributed by atoms with Crippen LogP contribution in [-0.2, 0) is 14.8 Å². The lowest BCUT2D eigenvalue weighted by Gasteiger charge is -2.24. The molecule has 164 valence electrons. The Labute approximate surface area is 174 Å². The number of aromatic nitrogens is 1. The number of hydrogen-bond acceptors (Lipinski definition) is 6. The minimum Gasteiger partial charge on any atom is -0.492 e. The Morgan fingerprint density at radius 3 is 2.77 bits per heavy atom. The van der Waals surface area contributed by atoms with Gasteiger partial charge in [0.2, 0.25) is 10.0 Å². The third-order valence-electron chi connectivity index (χ3n) is 4.86. The van der Waals surface area contributed by atoms with Crippen molar-refractivity contribution in [3.8, 4) is 5.75 Å². The zero-order chi connectivity index (χ0) is 21.9. The molecular weight excluding hydrogens is 416 g/mol. The first-order valence-electron chi connectivity index (χ1n) is 9.69. The number of nitrogens with zero attached hydrogens (tertiary/aromatic N) is 1. The van der Waals surface area contributed by atoms with E-state index in [-0.39, 0.29) is 17.0 Å². The Hall–Kier alpha value is -2.46. The van der Waals surface area contributed by atoms with Gasteiger partial charge < -0.3 is 14.8 Å². The van der Waals surface area contributed by atoms with Crippen LogP contribution in [0.25, 0.3) is 0 Å². The van der Waals surface area contributed by atoms with E-state index in [0.29, 0.717) is 36.7 Å². The number of pyridine rings is 1. The van der Waals surface area contributed by atoms with Crippen LogP contribution in [0.2, 0.25) is 0 Å². The number of fused-ring (bicyclic) bond motifs is 1. The fourth-order valence-corrected chi connectivity index (χ4v) is 4.74. The van der Waals surface area contributed by atoms with E-state index < -0.39 is 33.7 Å². The maximum atomic E-state index is 15.3. The van der Waals surface area contributed by atoms with Crippen LogP contribution in [0, 0.1) is 11.6 Å². The molecule has 10 heteroatoms. The van der Waals surface area contributed by atoms with Crippen LogP contribution in [0.5, 0.6) is 5.75 Å². The van der Waals surface area contributed by atoms with Crippen molar-refractivity contribution in [2.24, 2.45) is 0 Å². The molecule has 2 N–H and O–H groups in total. The zero-order valence-electron chi connectivity index (χ0n) is 17.0. The van der Waals surface area contributed by atoms with Gasteiger partial charge in [0, 0.05) is 25.1 Å². The highest BCUT2D eigenvalue weighted by Gasteiger charge is 2.36. The molecule has 2 unspecified atom stereocenters. The van der Waals surface area contributed by atoms with Crippen molar-refractivity contribution in [3.63, 3.8) is 0 Å². The van der Waals surface area contributed by atoms with E-state index in [1.807, 2.05) is 6.92 Å². The van der Waals surface area contributed by atoms with Crippen LogP contribution in [0.15, 0.2) is 24.4 Å². The van der Waals surface area contributed by atoms with Crippen molar-refractivity contribution in [1.29, 1.82) is 0 Å². The van der Waals surface area contributed by atoms with E-state index in [4.69, 9.17) is 9.47 Å². The molecule has 7 nitrogen and oxygen atoms in total. The highest BCUT2D eigenvalue weighted by molar-refractivity contribution is 7.92. The number of ether oxygens (including phenoxy) is 2. The highest BCUT2D eigenvalue weighted by Crippen LogP contribution is 2.44. The average molecular weight is 442 g/mol. The maximum Gasteiger partial charge on any atom is 0.232 e. The molecule has 0 saturated heterocycles. The molecule has 1 aromatic heterocycles. The van der Waals surface area contributed by atoms with Gasteiger partial charge >= 0.3 is 0 Å². The quantitative estimate of drug-likeness (QED) is 0.615. The van der Waals surface area contributed by atoms with Gasteiger partial charge in [0.05, 0.1) is 35.9 Å². The number of benzene rings is 1. The van der Waals surface area contributed by atoms with Crippen molar-refractivity contribution in [1.82, 2.24) is 4.98 Å². The van der Waals surface area contributed by atoms with Crippen LogP contribution in [0.3, 0.4) is 0 Å². The van der Waals surface area contributed by atoms with Crippen LogP contribution in [0.4, 0.5) is 20.3 Å². The first kappa shape index (κ1) is 22.2. The van der Waals surface area contributed by atoms with E-state index in [1.54, 1.807) is 19.2 Å². The van der Waals surface area contributed by atoms with E-state index >= 15 is 4.39 Å². The second-order valence-electron chi connectivity index (χ2n) is 6.93. The molecule has 2 atom stereocenters. The summed E-state index contributed by atoms with van der Waals surface area (Å²) in [6.07, 6.45) is 0.933. The van der Waals surface area contributed by atoms with Gasteiger partial charge in [-0.1, -0.05) is 6.92 Å². The predicted molar refractivity (Wildman–Crippen MR) is 110 cm³/mol. The lowest BCUT2D eigenvalue weighted by Crippen LogP contribution is -2.21. The van der Waals surface area contributed by atoms with Crippen molar-refractivity contribution < 1.29 is 26.7 Å². The Morgan fingerprint density at radius 2 is 2.10 bits per heavy atom. The predicted octanol–water partition coefficient (Wildman–Crippen LogP) is 3.81. The first-order valence-corrected chi connectivity index (χ1v) is 11.3. The summed E-state index contributed by atoms with van der Waals surface area (Å²) in [6.45, 7) is 4.34. The number of sulfonamides is 1. The highest BCUT2D eigenvalue weighted by atomic mass is 32.2. The van der Waals surface area contributed by atoms with Gasteiger partial charge in [0.15, 0.2) is 5.82 Å². The Morgan fingerprint density at radius 1 is 1.33 bits per heavy atom. The summed E-state index contributed by atoms with van der Waals surface area (Å²) in [6, 6.07) is 3.88. The van der Waals surface area contributed by atoms with Crippen molar-refractivity contribution >= 4 is 21.5 Å². The number of methoxy groups -OCH3 is 1. The van der Waals surface area contributed by atoms with E-state index in [9.17, 15) is 12.8 Å². The molecule has 3 rings (SSSR count). The van der Waals surface area contributed by atoms with Crippen LogP contribution in [0.1, 0.15) is 43.4 Å². The lowest BCUT2D eigenvalue weighted by atomic mass is 9.90. The summed E-state index contributed by atoms with van der Waals surface area (Å²) < 4.78 is 67.3. The van der Waals surface area contributed by atoms with Gasteiger partial charge in [0.25, 0.3) is 0 Å². The summed E-state index contributed by atoms with van der Waals surface area (Å²) in [5.41, 5.74) is 0.0634. The first-order chi connectivity index (χ1) is 14.3. The maximum absolute atomic E-state index is 15.3. The minimum absolute atomic E-state index is 0.168. The third-order valence-corrected chi connectivity index (χ3v) is 6.34. The number of hydrogen-bond donors (Lipinski definition) is 2. The van der Waals surface area contributed by atoms with Crippen LogP contribution in [-0.4, -0.2) is 39.4 Å². The van der Waals surface area contributed by atoms with E-state index in [1.165, 1.54) is 7.11 Å². The fourth-order valence-electron chi connectivity index (χ4n) is 3.60. The van der Waals surface area contributed by atoms with Crippen LogP contribution < -0.4 is 14.8 Å². The van der Waals surface area contributed by atoms with Gasteiger partial charge in [-0.3, -0.25) is 4.72 Å². The summed E-state index contributed by atoms with van der Waals surface area (Å²) in [7, 11) is -2.38. The normalized spacial score (nSPS) is 16.6. The zero-order valence-corrected chi connectivity index (χ0v) is 17.9. The molecule has 1 aliphatic heterocycles. The number of rotatable bonds is 9. The van der Waals surface area contributed by atoms with Crippen molar-refractivity contribution in [2.45, 2.75) is 32.3 Å². The molecule has 30 heavy (non-hydrogen) atoms. The molecule has 0 spiro atoms. The standard InChI is InChI=1S/C20H25F2N3O4S/c1-4-8-30(26,27)25-16-7-6-15(21)17(18(16)22)19(28-3)14-11-24-20-13(14)9-12(10-23-20)29-5-2/h6-7,9-10,14,19,25H,4-5,8,11H2,1-3H3,(H,23,24). The molecule has 1 aliphatic rings. The second-order valence-corrected chi connectivity index (χ2v) is 8.77. The van der Waals surface area contributed by atoms with Gasteiger partial charge in [0.1, 0.15) is 17.4 Å². The smallest absolute Gasteiger partial charge is 0.232 e. The Kier molecular flexibility index (Phi) is 6.77. The molecule has 0 saturated carbocycles. The summed E-state index contributed by atoms with van der Waals surface area (Å²) >= 11 is 0. The molecule has 0 fully saturated rings. The topological polar surface area (TPSA) is 89.6 Å². The molecular formula is C20H25F2N3O4S. The molecule has 2 aromatic rings. The average Bonchev–Trinajstić information content (AvgIpc) is 3.10. The van der Waals surface area contributed by atoms with Gasteiger partial charge in [-0.15, -0.1) is 0 Å². The third kappa shape index (κ3) is 4.49. The summed E-state index contributed by atoms with van der Waals surface area (Å²) in [4.78, 5) is 4.30. The number of anilines is 2. The van der Waals surface area contributed by atoms with E-state index in [2.05, 4.69) is 15.0 Å². The molecule has 0 aliphatic carbocycles. The minimum atomic E-state index is -3.74. The monoisotopic (exact) mass is 441 g/mol. The second kappa shape index (κ2) is 9.13. The Bertz CT molecular complexity index is 1020. The molecule has 0 amide bonds. The molecule has 2 heterocycles. The number of halogens is 2. The SMILES string of the molecule is CCCS(=O)(=O)Nc1ccc(F)c(C(OC)C2CNc3ncc(OCC)cc32)c1F. The van der Waals surface area contributed by atoms with Crippen LogP contribution >= 0.6 is 0 Å². The lowest BCUT2D eigenvalue weighted by molar-refractivity contribution is 0.0775. The molecule has 0 radical (unpaired) electrons. The molecule has 1 aromatic carbocycles. The van der Waals surface area contributed by atoms with Crippen molar-refractivity contribution in [3.05, 3.63) is 47.2 Å². The molecule has 0 bridgehead atoms. The van der Waals surface area contributed by atoms with Gasteiger partial charge in [-0.2, -0.15) is 0 Å². The largest absolute Gasteiger partial charge is 0.492 e. The van der Waals surface area contributed by atoms with Gasteiger partial charge in [-0.25, -0.2) is 22.2 Å². The number of nitrogens with one attached hydrogen (secondary N) is 2. The summed E-state index contributed by atoms with van der Waals surface area (Å²) in [5, 5.41) is 3.11.